The fraction of sp³-hybridized carbons (Fsp3) is 0.857. The molecule has 2 aliphatic carbocycles. The van der Waals surface area contributed by atoms with Crippen LogP contribution < -0.4 is 5.32 Å². The number of nitrogens with one attached hydrogen (secondary N) is 1. The minimum atomic E-state index is -0.754. The van der Waals surface area contributed by atoms with Gasteiger partial charge in [-0.1, -0.05) is 19.8 Å². The molecular formula is C14H23NO3. The van der Waals surface area contributed by atoms with E-state index in [1.807, 2.05) is 0 Å². The molecule has 0 bridgehead atoms. The topological polar surface area (TPSA) is 66.4 Å². The highest BCUT2D eigenvalue weighted by Crippen LogP contribution is 2.35. The van der Waals surface area contributed by atoms with Gasteiger partial charge in [0.25, 0.3) is 0 Å². The Morgan fingerprint density at radius 3 is 2.39 bits per heavy atom. The molecule has 2 rings (SSSR count). The summed E-state index contributed by atoms with van der Waals surface area (Å²) in [6.07, 6.45) is 6.55. The van der Waals surface area contributed by atoms with Crippen LogP contribution in [-0.2, 0) is 9.59 Å². The molecule has 4 nitrogen and oxygen atoms in total. The van der Waals surface area contributed by atoms with Gasteiger partial charge in [0.2, 0.25) is 5.91 Å². The van der Waals surface area contributed by atoms with Gasteiger partial charge in [0.15, 0.2) is 0 Å². The quantitative estimate of drug-likeness (QED) is 0.762. The first kappa shape index (κ1) is 13.4. The van der Waals surface area contributed by atoms with Gasteiger partial charge in [-0.15, -0.1) is 0 Å². The third-order valence-electron chi connectivity index (χ3n) is 4.31. The summed E-state index contributed by atoms with van der Waals surface area (Å²) >= 11 is 0. The predicted octanol–water partition coefficient (Wildman–Crippen LogP) is 2.18. The molecule has 0 aromatic carbocycles. The molecule has 102 valence electrons. The molecule has 2 fully saturated rings. The molecule has 0 saturated heterocycles. The summed E-state index contributed by atoms with van der Waals surface area (Å²) in [5, 5.41) is 12.0. The van der Waals surface area contributed by atoms with Crippen LogP contribution in [0.15, 0.2) is 0 Å². The highest BCUT2D eigenvalue weighted by atomic mass is 16.4. The number of carboxylic acids is 1. The second-order valence-electron chi connectivity index (χ2n) is 5.84. The monoisotopic (exact) mass is 253 g/mol. The summed E-state index contributed by atoms with van der Waals surface area (Å²) in [5.74, 6) is -0.268. The van der Waals surface area contributed by atoms with Gasteiger partial charge in [-0.3, -0.25) is 9.59 Å². The first-order chi connectivity index (χ1) is 8.60. The molecule has 0 heterocycles. The lowest BCUT2D eigenvalue weighted by Gasteiger charge is -2.19. The van der Waals surface area contributed by atoms with Crippen molar-refractivity contribution in [3.63, 3.8) is 0 Å². The largest absolute Gasteiger partial charge is 0.481 e. The van der Waals surface area contributed by atoms with Gasteiger partial charge < -0.3 is 10.4 Å². The summed E-state index contributed by atoms with van der Waals surface area (Å²) in [5.41, 5.74) is 0. The predicted molar refractivity (Wildman–Crippen MR) is 68.0 cm³/mol. The molecule has 2 N–H and O–H groups in total. The summed E-state index contributed by atoms with van der Waals surface area (Å²) in [4.78, 5) is 23.0. The molecule has 0 aliphatic heterocycles. The first-order valence-corrected chi connectivity index (χ1v) is 7.13. The maximum Gasteiger partial charge on any atom is 0.306 e. The molecular weight excluding hydrogens is 230 g/mol. The van der Waals surface area contributed by atoms with Gasteiger partial charge in [0.1, 0.15) is 0 Å². The lowest BCUT2D eigenvalue weighted by atomic mass is 10.0. The molecule has 3 atom stereocenters. The van der Waals surface area contributed by atoms with Gasteiger partial charge in [-0.25, -0.2) is 0 Å². The number of carboxylic acid groups (broad SMARTS) is 1. The second kappa shape index (κ2) is 5.72. The highest BCUT2D eigenvalue weighted by Gasteiger charge is 2.35. The Labute approximate surface area is 108 Å². The van der Waals surface area contributed by atoms with Crippen LogP contribution in [-0.4, -0.2) is 23.0 Å². The average molecular weight is 253 g/mol. The molecule has 18 heavy (non-hydrogen) atoms. The number of aliphatic carboxylic acids is 1. The van der Waals surface area contributed by atoms with Crippen molar-refractivity contribution >= 4 is 11.9 Å². The van der Waals surface area contributed by atoms with Crippen molar-refractivity contribution in [1.82, 2.24) is 5.32 Å². The summed E-state index contributed by atoms with van der Waals surface area (Å²) in [7, 11) is 0. The Morgan fingerprint density at radius 1 is 1.22 bits per heavy atom. The van der Waals surface area contributed by atoms with E-state index in [0.717, 1.165) is 25.2 Å². The van der Waals surface area contributed by atoms with E-state index in [2.05, 4.69) is 12.2 Å². The van der Waals surface area contributed by atoms with Crippen LogP contribution in [0.4, 0.5) is 0 Å². The third kappa shape index (κ3) is 3.47. The van der Waals surface area contributed by atoms with Gasteiger partial charge >= 0.3 is 5.97 Å². The zero-order chi connectivity index (χ0) is 13.1. The Balaban J connectivity index is 1.78. The van der Waals surface area contributed by atoms with Crippen LogP contribution in [0.25, 0.3) is 0 Å². The molecule has 0 spiro atoms. The zero-order valence-corrected chi connectivity index (χ0v) is 11.0. The lowest BCUT2D eigenvalue weighted by molar-refractivity contribution is -0.141. The van der Waals surface area contributed by atoms with Crippen molar-refractivity contribution in [1.29, 1.82) is 0 Å². The number of hydrogen-bond donors (Lipinski definition) is 2. The zero-order valence-electron chi connectivity index (χ0n) is 11.0. The van der Waals surface area contributed by atoms with E-state index in [4.69, 9.17) is 5.11 Å². The van der Waals surface area contributed by atoms with Crippen molar-refractivity contribution < 1.29 is 14.7 Å². The fourth-order valence-electron chi connectivity index (χ4n) is 2.85. The van der Waals surface area contributed by atoms with Gasteiger partial charge in [-0.2, -0.15) is 0 Å². The average Bonchev–Trinajstić information content (AvgIpc) is 3.00. The van der Waals surface area contributed by atoms with E-state index < -0.39 is 5.97 Å². The van der Waals surface area contributed by atoms with Crippen molar-refractivity contribution in [2.24, 2.45) is 17.8 Å². The fourth-order valence-corrected chi connectivity index (χ4v) is 2.85. The Bertz CT molecular complexity index is 325. The first-order valence-electron chi connectivity index (χ1n) is 7.13. The van der Waals surface area contributed by atoms with Crippen LogP contribution in [0.1, 0.15) is 51.9 Å². The Kier molecular flexibility index (Phi) is 4.25. The van der Waals surface area contributed by atoms with Gasteiger partial charge in [0, 0.05) is 12.0 Å². The minimum Gasteiger partial charge on any atom is -0.481 e. The number of rotatable bonds is 6. The standard InChI is InChI=1S/C14H23NO3/c1-2-12(7-9-3-4-9)15-13(16)10-5-6-11(8-10)14(17)18/h9-12H,2-8H2,1H3,(H,15,16)(H,17,18). The van der Waals surface area contributed by atoms with E-state index >= 15 is 0 Å². The van der Waals surface area contributed by atoms with Crippen molar-refractivity contribution in [3.05, 3.63) is 0 Å². The van der Waals surface area contributed by atoms with Crippen LogP contribution in [0, 0.1) is 17.8 Å². The maximum atomic E-state index is 12.1. The molecule has 0 radical (unpaired) electrons. The number of carbonyl (C=O) groups is 2. The summed E-state index contributed by atoms with van der Waals surface area (Å²) < 4.78 is 0. The van der Waals surface area contributed by atoms with Crippen LogP contribution in [0.2, 0.25) is 0 Å². The van der Waals surface area contributed by atoms with Crippen LogP contribution >= 0.6 is 0 Å². The lowest BCUT2D eigenvalue weighted by Crippen LogP contribution is -2.38. The summed E-state index contributed by atoms with van der Waals surface area (Å²) in [6.45, 7) is 2.10. The summed E-state index contributed by atoms with van der Waals surface area (Å²) in [6, 6.07) is 0.286. The molecule has 0 aromatic heterocycles. The molecule has 2 saturated carbocycles. The van der Waals surface area contributed by atoms with E-state index in [1.54, 1.807) is 0 Å². The molecule has 1 amide bonds. The van der Waals surface area contributed by atoms with Crippen LogP contribution in [0.5, 0.6) is 0 Å². The minimum absolute atomic E-state index is 0.0752. The second-order valence-corrected chi connectivity index (χ2v) is 5.84. The third-order valence-corrected chi connectivity index (χ3v) is 4.31. The maximum absolute atomic E-state index is 12.1. The molecule has 4 heteroatoms. The van der Waals surface area contributed by atoms with Crippen molar-refractivity contribution in [3.8, 4) is 0 Å². The van der Waals surface area contributed by atoms with Gasteiger partial charge in [-0.05, 0) is 38.0 Å². The molecule has 2 aliphatic rings. The highest BCUT2D eigenvalue weighted by molar-refractivity contribution is 5.81. The van der Waals surface area contributed by atoms with Crippen LogP contribution in [0.3, 0.4) is 0 Å². The van der Waals surface area contributed by atoms with Crippen molar-refractivity contribution in [2.45, 2.75) is 57.9 Å². The van der Waals surface area contributed by atoms with E-state index in [0.29, 0.717) is 12.8 Å². The Morgan fingerprint density at radius 2 is 1.89 bits per heavy atom. The van der Waals surface area contributed by atoms with E-state index in [1.165, 1.54) is 12.8 Å². The Hall–Kier alpha value is -1.06. The smallest absolute Gasteiger partial charge is 0.306 e. The number of amides is 1. The van der Waals surface area contributed by atoms with Gasteiger partial charge in [0.05, 0.1) is 5.92 Å². The molecule has 0 aromatic rings. The van der Waals surface area contributed by atoms with E-state index in [-0.39, 0.29) is 23.8 Å². The number of carbonyl (C=O) groups excluding carboxylic acids is 1. The normalized spacial score (nSPS) is 28.9. The number of hydrogen-bond acceptors (Lipinski definition) is 2. The van der Waals surface area contributed by atoms with E-state index in [9.17, 15) is 9.59 Å². The SMILES string of the molecule is CCC(CC1CC1)NC(=O)C1CCC(C(=O)O)C1. The van der Waals surface area contributed by atoms with Crippen molar-refractivity contribution in [2.75, 3.05) is 0 Å². The molecule has 3 unspecified atom stereocenters.